The van der Waals surface area contributed by atoms with E-state index in [1.54, 1.807) is 0 Å². The predicted molar refractivity (Wildman–Crippen MR) is 58.4 cm³/mol. The number of nitrogens with one attached hydrogen (secondary N) is 1. The highest BCUT2D eigenvalue weighted by atomic mass is 16.4. The fourth-order valence-corrected chi connectivity index (χ4v) is 1.53. The molecular weight excluding hydrogens is 178 g/mol. The van der Waals surface area contributed by atoms with Crippen molar-refractivity contribution in [2.45, 2.75) is 52.5 Å². The van der Waals surface area contributed by atoms with Gasteiger partial charge in [0.1, 0.15) is 0 Å². The largest absolute Gasteiger partial charge is 0.481 e. The first kappa shape index (κ1) is 13.4. The van der Waals surface area contributed by atoms with Gasteiger partial charge in [-0.25, -0.2) is 0 Å². The van der Waals surface area contributed by atoms with Gasteiger partial charge in [-0.1, -0.05) is 20.8 Å². The van der Waals surface area contributed by atoms with E-state index in [1.165, 1.54) is 0 Å². The van der Waals surface area contributed by atoms with E-state index in [0.29, 0.717) is 6.04 Å². The zero-order valence-corrected chi connectivity index (χ0v) is 9.55. The molecule has 0 fully saturated rings. The quantitative estimate of drug-likeness (QED) is 0.633. The van der Waals surface area contributed by atoms with Gasteiger partial charge in [-0.2, -0.15) is 0 Å². The normalized spacial score (nSPS) is 15.1. The van der Waals surface area contributed by atoms with Crippen molar-refractivity contribution in [3.63, 3.8) is 0 Å². The second-order valence-corrected chi connectivity index (χ2v) is 3.74. The van der Waals surface area contributed by atoms with Gasteiger partial charge in [-0.3, -0.25) is 4.79 Å². The summed E-state index contributed by atoms with van der Waals surface area (Å²) in [7, 11) is 0. The van der Waals surface area contributed by atoms with Crippen LogP contribution in [0.3, 0.4) is 0 Å². The molecule has 0 amide bonds. The Labute approximate surface area is 86.9 Å². The summed E-state index contributed by atoms with van der Waals surface area (Å²) in [4.78, 5) is 10.8. The molecule has 0 saturated heterocycles. The van der Waals surface area contributed by atoms with Crippen molar-refractivity contribution in [2.75, 3.05) is 6.54 Å². The van der Waals surface area contributed by atoms with E-state index in [2.05, 4.69) is 19.2 Å². The number of hydrogen-bond acceptors (Lipinski definition) is 2. The lowest BCUT2D eigenvalue weighted by Gasteiger charge is -2.20. The Hall–Kier alpha value is -0.570. The molecule has 0 aromatic heterocycles. The van der Waals surface area contributed by atoms with E-state index >= 15 is 0 Å². The highest BCUT2D eigenvalue weighted by molar-refractivity contribution is 5.69. The molecule has 84 valence electrons. The van der Waals surface area contributed by atoms with Crippen molar-refractivity contribution in [3.8, 4) is 0 Å². The van der Waals surface area contributed by atoms with Gasteiger partial charge in [0.15, 0.2) is 0 Å². The topological polar surface area (TPSA) is 49.3 Å². The van der Waals surface area contributed by atoms with Gasteiger partial charge in [0, 0.05) is 6.04 Å². The maximum Gasteiger partial charge on any atom is 0.306 e. The molecule has 0 bridgehead atoms. The van der Waals surface area contributed by atoms with Crippen molar-refractivity contribution in [1.82, 2.24) is 5.32 Å². The number of carboxylic acid groups (broad SMARTS) is 1. The third-order valence-electron chi connectivity index (χ3n) is 2.59. The number of rotatable bonds is 8. The Morgan fingerprint density at radius 1 is 1.29 bits per heavy atom. The van der Waals surface area contributed by atoms with Crippen molar-refractivity contribution < 1.29 is 9.90 Å². The van der Waals surface area contributed by atoms with Crippen LogP contribution in [0.2, 0.25) is 0 Å². The van der Waals surface area contributed by atoms with E-state index in [0.717, 1.165) is 32.2 Å². The average molecular weight is 201 g/mol. The second kappa shape index (κ2) is 7.80. The van der Waals surface area contributed by atoms with Crippen LogP contribution in [0, 0.1) is 5.92 Å². The Morgan fingerprint density at radius 3 is 2.29 bits per heavy atom. The minimum atomic E-state index is -0.663. The second-order valence-electron chi connectivity index (χ2n) is 3.74. The Morgan fingerprint density at radius 2 is 1.93 bits per heavy atom. The zero-order valence-electron chi connectivity index (χ0n) is 9.55. The van der Waals surface area contributed by atoms with Gasteiger partial charge < -0.3 is 10.4 Å². The Bertz CT molecular complexity index is 159. The molecule has 14 heavy (non-hydrogen) atoms. The highest BCUT2D eigenvalue weighted by Crippen LogP contribution is 2.13. The van der Waals surface area contributed by atoms with E-state index in [1.807, 2.05) is 6.92 Å². The Balaban J connectivity index is 3.94. The van der Waals surface area contributed by atoms with E-state index in [9.17, 15) is 4.79 Å². The summed E-state index contributed by atoms with van der Waals surface area (Å²) in [5.41, 5.74) is 0. The van der Waals surface area contributed by atoms with Crippen LogP contribution in [0.1, 0.15) is 46.5 Å². The summed E-state index contributed by atoms with van der Waals surface area (Å²) in [6.07, 6.45) is 3.58. The number of carbonyl (C=O) groups is 1. The van der Waals surface area contributed by atoms with Gasteiger partial charge in [-0.15, -0.1) is 0 Å². The average Bonchev–Trinajstić information content (AvgIpc) is 2.18. The third kappa shape index (κ3) is 5.22. The van der Waals surface area contributed by atoms with E-state index in [4.69, 9.17) is 5.11 Å². The SMILES string of the molecule is CCCNC(CC)CC(CC)C(=O)O. The summed E-state index contributed by atoms with van der Waals surface area (Å²) in [5, 5.41) is 12.3. The van der Waals surface area contributed by atoms with Gasteiger partial charge in [-0.05, 0) is 32.2 Å². The minimum absolute atomic E-state index is 0.190. The molecule has 0 aromatic rings. The van der Waals surface area contributed by atoms with Crippen LogP contribution in [0.15, 0.2) is 0 Å². The number of carboxylic acids is 1. The van der Waals surface area contributed by atoms with Crippen molar-refractivity contribution in [3.05, 3.63) is 0 Å². The zero-order chi connectivity index (χ0) is 11.0. The highest BCUT2D eigenvalue weighted by Gasteiger charge is 2.19. The lowest BCUT2D eigenvalue weighted by atomic mass is 9.96. The molecule has 0 aliphatic rings. The summed E-state index contributed by atoms with van der Waals surface area (Å²) < 4.78 is 0. The van der Waals surface area contributed by atoms with Crippen LogP contribution in [-0.4, -0.2) is 23.7 Å². The van der Waals surface area contributed by atoms with E-state index < -0.39 is 5.97 Å². The fourth-order valence-electron chi connectivity index (χ4n) is 1.53. The summed E-state index contributed by atoms with van der Waals surface area (Å²) in [6, 6.07) is 0.357. The molecule has 0 heterocycles. The van der Waals surface area contributed by atoms with E-state index in [-0.39, 0.29) is 5.92 Å². The first-order valence-corrected chi connectivity index (χ1v) is 5.61. The molecule has 2 N–H and O–H groups in total. The molecule has 2 unspecified atom stereocenters. The van der Waals surface area contributed by atoms with Crippen LogP contribution < -0.4 is 5.32 Å². The lowest BCUT2D eigenvalue weighted by Crippen LogP contribution is -2.33. The third-order valence-corrected chi connectivity index (χ3v) is 2.59. The first-order chi connectivity index (χ1) is 6.65. The van der Waals surface area contributed by atoms with Crippen LogP contribution in [0.25, 0.3) is 0 Å². The molecule has 0 aliphatic carbocycles. The number of hydrogen-bond donors (Lipinski definition) is 2. The molecular formula is C11H23NO2. The molecule has 0 radical (unpaired) electrons. The van der Waals surface area contributed by atoms with Gasteiger partial charge >= 0.3 is 5.97 Å². The smallest absolute Gasteiger partial charge is 0.306 e. The monoisotopic (exact) mass is 201 g/mol. The minimum Gasteiger partial charge on any atom is -0.481 e. The molecule has 0 spiro atoms. The van der Waals surface area contributed by atoms with Crippen molar-refractivity contribution >= 4 is 5.97 Å². The van der Waals surface area contributed by atoms with Crippen LogP contribution >= 0.6 is 0 Å². The molecule has 0 rings (SSSR count). The molecule has 2 atom stereocenters. The lowest BCUT2D eigenvalue weighted by molar-refractivity contribution is -0.142. The molecule has 0 saturated carbocycles. The summed E-state index contributed by atoms with van der Waals surface area (Å²) in [6.45, 7) is 7.13. The van der Waals surface area contributed by atoms with Crippen LogP contribution in [-0.2, 0) is 4.79 Å². The number of aliphatic carboxylic acids is 1. The molecule has 0 aromatic carbocycles. The van der Waals surface area contributed by atoms with Gasteiger partial charge in [0.25, 0.3) is 0 Å². The van der Waals surface area contributed by atoms with Crippen LogP contribution in [0.4, 0.5) is 0 Å². The van der Waals surface area contributed by atoms with Gasteiger partial charge in [0.05, 0.1) is 5.92 Å². The fraction of sp³-hybridized carbons (Fsp3) is 0.909. The molecule has 0 aliphatic heterocycles. The maximum atomic E-state index is 10.8. The summed E-state index contributed by atoms with van der Waals surface area (Å²) in [5.74, 6) is -0.853. The summed E-state index contributed by atoms with van der Waals surface area (Å²) >= 11 is 0. The molecule has 3 heteroatoms. The van der Waals surface area contributed by atoms with Gasteiger partial charge in [0.2, 0.25) is 0 Å². The van der Waals surface area contributed by atoms with Crippen LogP contribution in [0.5, 0.6) is 0 Å². The van der Waals surface area contributed by atoms with Crippen molar-refractivity contribution in [1.29, 1.82) is 0 Å². The predicted octanol–water partition coefficient (Wildman–Crippen LogP) is 2.27. The van der Waals surface area contributed by atoms with Crippen molar-refractivity contribution in [2.24, 2.45) is 5.92 Å². The standard InChI is InChI=1S/C11H23NO2/c1-4-7-12-10(6-3)8-9(5-2)11(13)14/h9-10,12H,4-8H2,1-3H3,(H,13,14). The molecule has 3 nitrogen and oxygen atoms in total. The Kier molecular flexibility index (Phi) is 7.48. The maximum absolute atomic E-state index is 10.8. The first-order valence-electron chi connectivity index (χ1n) is 5.61.